The van der Waals surface area contributed by atoms with Crippen LogP contribution in [0.3, 0.4) is 0 Å². The number of hydrogen-bond acceptors (Lipinski definition) is 3. The van der Waals surface area contributed by atoms with Gasteiger partial charge in [0.1, 0.15) is 5.82 Å². The number of alkyl halides is 2. The maximum atomic E-state index is 13.0. The third-order valence-corrected chi connectivity index (χ3v) is 4.13. The van der Waals surface area contributed by atoms with Crippen molar-refractivity contribution in [1.82, 2.24) is 19.8 Å². The van der Waals surface area contributed by atoms with E-state index in [1.165, 1.54) is 12.4 Å². The summed E-state index contributed by atoms with van der Waals surface area (Å²) in [5, 5.41) is 4.02. The number of imidazole rings is 1. The third-order valence-electron chi connectivity index (χ3n) is 3.89. The maximum Gasteiger partial charge on any atom is 0.319 e. The molecule has 1 aliphatic rings. The van der Waals surface area contributed by atoms with E-state index in [9.17, 15) is 8.78 Å². The van der Waals surface area contributed by atoms with Gasteiger partial charge in [-0.05, 0) is 17.7 Å². The highest BCUT2D eigenvalue weighted by Gasteiger charge is 2.26. The highest BCUT2D eigenvalue weighted by molar-refractivity contribution is 6.30. The maximum absolute atomic E-state index is 13.0. The second kappa shape index (κ2) is 6.73. The number of aromatic nitrogens is 2. The predicted octanol–water partition coefficient (Wildman–Crippen LogP) is 3.08. The molecular weight excluding hydrogens is 310 g/mol. The summed E-state index contributed by atoms with van der Waals surface area (Å²) in [4.78, 5) is 6.23. The number of piperazine rings is 1. The van der Waals surface area contributed by atoms with Crippen molar-refractivity contribution < 1.29 is 8.78 Å². The van der Waals surface area contributed by atoms with Crippen molar-refractivity contribution in [2.24, 2.45) is 0 Å². The smallest absolute Gasteiger partial charge is 0.314 e. The summed E-state index contributed by atoms with van der Waals surface area (Å²) in [7, 11) is 0. The number of benzene rings is 1. The summed E-state index contributed by atoms with van der Waals surface area (Å²) >= 11 is 6.07. The summed E-state index contributed by atoms with van der Waals surface area (Å²) in [6.07, 6.45) is 2.73. The van der Waals surface area contributed by atoms with Crippen LogP contribution in [0, 0.1) is 0 Å². The van der Waals surface area contributed by atoms with E-state index in [1.807, 2.05) is 24.3 Å². The Morgan fingerprint density at radius 1 is 1.41 bits per heavy atom. The molecule has 0 amide bonds. The molecule has 0 aliphatic carbocycles. The molecule has 2 heterocycles. The molecule has 1 aliphatic heterocycles. The van der Waals surface area contributed by atoms with Crippen LogP contribution in [0.1, 0.15) is 24.0 Å². The zero-order valence-electron chi connectivity index (χ0n) is 11.9. The van der Waals surface area contributed by atoms with Crippen LogP contribution >= 0.6 is 11.6 Å². The lowest BCUT2D eigenvalue weighted by molar-refractivity contribution is 0.0605. The van der Waals surface area contributed by atoms with E-state index in [-0.39, 0.29) is 6.04 Å². The van der Waals surface area contributed by atoms with Gasteiger partial charge >= 0.3 is 6.55 Å². The van der Waals surface area contributed by atoms with E-state index < -0.39 is 6.55 Å². The van der Waals surface area contributed by atoms with Gasteiger partial charge in [0.05, 0.1) is 6.54 Å². The van der Waals surface area contributed by atoms with Gasteiger partial charge in [-0.15, -0.1) is 0 Å². The first kappa shape index (κ1) is 15.4. The number of nitrogens with one attached hydrogen (secondary N) is 1. The summed E-state index contributed by atoms with van der Waals surface area (Å²) < 4.78 is 26.8. The minimum atomic E-state index is -2.56. The minimum Gasteiger partial charge on any atom is -0.314 e. The van der Waals surface area contributed by atoms with Crippen molar-refractivity contribution in [3.8, 4) is 0 Å². The van der Waals surface area contributed by atoms with Gasteiger partial charge in [-0.2, -0.15) is 8.78 Å². The SMILES string of the molecule is FC(F)n1ccnc1CN1CCNCC1c1cccc(Cl)c1. The fourth-order valence-corrected chi connectivity index (χ4v) is 3.00. The first-order chi connectivity index (χ1) is 10.6. The van der Waals surface area contributed by atoms with E-state index in [4.69, 9.17) is 11.6 Å². The van der Waals surface area contributed by atoms with Crippen LogP contribution in [0.5, 0.6) is 0 Å². The highest BCUT2D eigenvalue weighted by Crippen LogP contribution is 2.26. The lowest BCUT2D eigenvalue weighted by atomic mass is 10.0. The van der Waals surface area contributed by atoms with Gasteiger partial charge in [0.15, 0.2) is 0 Å². The molecule has 1 aromatic heterocycles. The zero-order chi connectivity index (χ0) is 15.5. The Balaban J connectivity index is 1.82. The van der Waals surface area contributed by atoms with Crippen molar-refractivity contribution in [2.75, 3.05) is 19.6 Å². The fourth-order valence-electron chi connectivity index (χ4n) is 2.80. The largest absolute Gasteiger partial charge is 0.319 e. The molecule has 0 radical (unpaired) electrons. The second-order valence-electron chi connectivity index (χ2n) is 5.27. The molecule has 1 aromatic carbocycles. The average Bonchev–Trinajstić information content (AvgIpc) is 2.96. The summed E-state index contributed by atoms with van der Waals surface area (Å²) in [5.41, 5.74) is 1.08. The van der Waals surface area contributed by atoms with Crippen LogP contribution in [0.25, 0.3) is 0 Å². The summed E-state index contributed by atoms with van der Waals surface area (Å²) in [6, 6.07) is 7.76. The molecule has 1 N–H and O–H groups in total. The molecule has 0 saturated carbocycles. The molecule has 1 saturated heterocycles. The highest BCUT2D eigenvalue weighted by atomic mass is 35.5. The van der Waals surface area contributed by atoms with Crippen molar-refractivity contribution in [2.45, 2.75) is 19.1 Å². The number of hydrogen-bond donors (Lipinski definition) is 1. The third kappa shape index (κ3) is 3.29. The Labute approximate surface area is 132 Å². The number of nitrogens with zero attached hydrogens (tertiary/aromatic N) is 3. The number of rotatable bonds is 4. The standard InChI is InChI=1S/C15H17ClF2N4/c16-12-3-1-2-11(8-12)13-9-19-4-6-21(13)10-14-20-5-7-22(14)15(17)18/h1-3,5,7-8,13,15,19H,4,6,9-10H2. The molecule has 7 heteroatoms. The Kier molecular flexibility index (Phi) is 4.71. The van der Waals surface area contributed by atoms with Crippen molar-refractivity contribution in [3.05, 3.63) is 53.1 Å². The first-order valence-corrected chi connectivity index (χ1v) is 7.53. The van der Waals surface area contributed by atoms with Gasteiger partial charge in [-0.1, -0.05) is 23.7 Å². The molecular formula is C15H17ClF2N4. The normalized spacial score (nSPS) is 19.7. The van der Waals surface area contributed by atoms with Crippen molar-refractivity contribution in [1.29, 1.82) is 0 Å². The Hall–Kier alpha value is -1.50. The van der Waals surface area contributed by atoms with Gasteiger partial charge in [0, 0.05) is 43.1 Å². The van der Waals surface area contributed by atoms with Crippen LogP contribution in [0.4, 0.5) is 8.78 Å². The molecule has 2 aromatic rings. The van der Waals surface area contributed by atoms with Crippen LogP contribution in [0.15, 0.2) is 36.7 Å². The van der Waals surface area contributed by atoms with Crippen molar-refractivity contribution >= 4 is 11.6 Å². The molecule has 1 unspecified atom stereocenters. The topological polar surface area (TPSA) is 33.1 Å². The van der Waals surface area contributed by atoms with E-state index in [0.717, 1.165) is 29.8 Å². The molecule has 1 atom stereocenters. The number of halogens is 3. The summed E-state index contributed by atoms with van der Waals surface area (Å²) in [6.45, 7) is 0.177. The predicted molar refractivity (Wildman–Crippen MR) is 81.0 cm³/mol. The van der Waals surface area contributed by atoms with E-state index in [0.29, 0.717) is 17.4 Å². The second-order valence-corrected chi connectivity index (χ2v) is 5.71. The molecule has 0 spiro atoms. The minimum absolute atomic E-state index is 0.0928. The van der Waals surface area contributed by atoms with Crippen molar-refractivity contribution in [3.63, 3.8) is 0 Å². The van der Waals surface area contributed by atoms with Crippen LogP contribution in [-0.4, -0.2) is 34.1 Å². The van der Waals surface area contributed by atoms with Gasteiger partial charge < -0.3 is 5.32 Å². The van der Waals surface area contributed by atoms with Gasteiger partial charge in [-0.25, -0.2) is 4.98 Å². The Morgan fingerprint density at radius 3 is 3.05 bits per heavy atom. The average molecular weight is 327 g/mol. The molecule has 118 valence electrons. The lowest BCUT2D eigenvalue weighted by Gasteiger charge is -2.36. The van der Waals surface area contributed by atoms with Crippen LogP contribution < -0.4 is 5.32 Å². The molecule has 1 fully saturated rings. The summed E-state index contributed by atoms with van der Waals surface area (Å²) in [5.74, 6) is 0.379. The Morgan fingerprint density at radius 2 is 2.27 bits per heavy atom. The van der Waals surface area contributed by atoms with E-state index in [2.05, 4.69) is 15.2 Å². The van der Waals surface area contributed by atoms with E-state index in [1.54, 1.807) is 0 Å². The zero-order valence-corrected chi connectivity index (χ0v) is 12.7. The van der Waals surface area contributed by atoms with Crippen LogP contribution in [-0.2, 0) is 6.54 Å². The van der Waals surface area contributed by atoms with E-state index >= 15 is 0 Å². The Bertz CT molecular complexity index is 632. The van der Waals surface area contributed by atoms with Gasteiger partial charge in [0.25, 0.3) is 0 Å². The lowest BCUT2D eigenvalue weighted by Crippen LogP contribution is -2.45. The fraction of sp³-hybridized carbons (Fsp3) is 0.400. The van der Waals surface area contributed by atoms with Gasteiger partial charge in [0.2, 0.25) is 0 Å². The van der Waals surface area contributed by atoms with Gasteiger partial charge in [-0.3, -0.25) is 9.47 Å². The van der Waals surface area contributed by atoms with Crippen LogP contribution in [0.2, 0.25) is 5.02 Å². The first-order valence-electron chi connectivity index (χ1n) is 7.15. The molecule has 3 rings (SSSR count). The molecule has 22 heavy (non-hydrogen) atoms. The quantitative estimate of drug-likeness (QED) is 0.937. The molecule has 4 nitrogen and oxygen atoms in total. The monoisotopic (exact) mass is 326 g/mol. The molecule has 0 bridgehead atoms.